The molecule has 0 amide bonds. The van der Waals surface area contributed by atoms with Crippen LogP contribution in [0.4, 0.5) is 10.2 Å². The first-order chi connectivity index (χ1) is 26.2. The highest BCUT2D eigenvalue weighted by Gasteiger charge is 2.28. The third-order valence-electron chi connectivity index (χ3n) is 10.2. The van der Waals surface area contributed by atoms with Crippen LogP contribution >= 0.6 is 0 Å². The quantitative estimate of drug-likeness (QED) is 0.135. The van der Waals surface area contributed by atoms with E-state index < -0.39 is 5.82 Å². The number of benzene rings is 3. The average Bonchev–Trinajstić information content (AvgIpc) is 3.19. The van der Waals surface area contributed by atoms with Crippen LogP contribution < -0.4 is 20.6 Å². The number of pyridine rings is 2. The highest BCUT2D eigenvalue weighted by atomic mass is 19.1. The van der Waals surface area contributed by atoms with Crippen LogP contribution in [-0.2, 0) is 27.2 Å². The minimum Gasteiger partial charge on any atom is -0.493 e. The molecule has 3 aromatic carbocycles. The second-order valence-corrected chi connectivity index (χ2v) is 14.2. The van der Waals surface area contributed by atoms with Crippen molar-refractivity contribution < 1.29 is 32.9 Å². The Labute approximate surface area is 313 Å². The van der Waals surface area contributed by atoms with E-state index in [-0.39, 0.29) is 34.7 Å². The van der Waals surface area contributed by atoms with Crippen molar-refractivity contribution in [1.82, 2.24) is 9.55 Å². The van der Waals surface area contributed by atoms with Crippen molar-refractivity contribution in [3.05, 3.63) is 119 Å². The molecule has 2 aromatic heterocycles. The number of anilines is 1. The Kier molecular flexibility index (Phi) is 11.2. The fraction of sp³-hybridized carbons (Fsp3) is 0.326. The van der Waals surface area contributed by atoms with E-state index >= 15 is 0 Å². The Bertz CT molecular complexity index is 2160. The number of nitrogen functional groups attached to an aromatic ring is 1. The predicted molar refractivity (Wildman–Crippen MR) is 204 cm³/mol. The van der Waals surface area contributed by atoms with E-state index in [1.165, 1.54) is 12.1 Å². The van der Waals surface area contributed by atoms with Crippen LogP contribution in [-0.4, -0.2) is 68.2 Å². The van der Waals surface area contributed by atoms with Gasteiger partial charge in [0.05, 0.1) is 32.5 Å². The van der Waals surface area contributed by atoms with Crippen LogP contribution in [0.3, 0.4) is 0 Å². The van der Waals surface area contributed by atoms with E-state index in [0.717, 1.165) is 40.7 Å². The highest BCUT2D eigenvalue weighted by molar-refractivity contribution is 5.98. The molecule has 280 valence electrons. The Morgan fingerprint density at radius 2 is 1.61 bits per heavy atom. The lowest BCUT2D eigenvalue weighted by Crippen LogP contribution is -2.33. The summed E-state index contributed by atoms with van der Waals surface area (Å²) in [5.41, 5.74) is 10.9. The zero-order chi connectivity index (χ0) is 37.7. The predicted octanol–water partition coefficient (Wildman–Crippen LogP) is 7.01. The Hall–Kier alpha value is -5.36. The van der Waals surface area contributed by atoms with Gasteiger partial charge in [-0.2, -0.15) is 0 Å². The Balaban J connectivity index is 1.10. The van der Waals surface area contributed by atoms with Gasteiger partial charge in [-0.15, -0.1) is 0 Å². The maximum atomic E-state index is 13.9. The lowest BCUT2D eigenvalue weighted by atomic mass is 9.82. The summed E-state index contributed by atoms with van der Waals surface area (Å²) in [7, 11) is 1.59. The zero-order valence-electron chi connectivity index (χ0n) is 30.5. The van der Waals surface area contributed by atoms with Gasteiger partial charge in [0.1, 0.15) is 24.3 Å². The summed E-state index contributed by atoms with van der Waals surface area (Å²) in [5.74, 6) is 0.835. The molecule has 0 aliphatic carbocycles. The number of nitrogens with zero attached hydrogens (tertiary/aromatic N) is 2. The summed E-state index contributed by atoms with van der Waals surface area (Å²) in [6, 6.07) is 20.9. The average molecular weight is 734 g/mol. The van der Waals surface area contributed by atoms with Gasteiger partial charge >= 0.3 is 0 Å². The number of nitrogens with two attached hydrogens (primary N) is 1. The van der Waals surface area contributed by atoms with E-state index in [4.69, 9.17) is 29.4 Å². The molecule has 0 radical (unpaired) electrons. The number of hydrogen-bond donors (Lipinski definition) is 1. The molecule has 0 bridgehead atoms. The molecular weight excluding hydrogens is 689 g/mol. The summed E-state index contributed by atoms with van der Waals surface area (Å²) in [6.07, 6.45) is 6.77. The van der Waals surface area contributed by atoms with Crippen molar-refractivity contribution in [2.45, 2.75) is 38.8 Å². The third-order valence-corrected chi connectivity index (χ3v) is 10.2. The van der Waals surface area contributed by atoms with E-state index in [2.05, 4.69) is 11.9 Å². The van der Waals surface area contributed by atoms with Gasteiger partial charge < -0.3 is 34.0 Å². The molecule has 0 unspecified atom stereocenters. The molecule has 2 fully saturated rings. The number of rotatable bonds is 12. The fourth-order valence-electron chi connectivity index (χ4n) is 6.95. The van der Waals surface area contributed by atoms with Crippen LogP contribution in [0.15, 0.2) is 96.2 Å². The van der Waals surface area contributed by atoms with Crippen LogP contribution in [0, 0.1) is 11.2 Å². The Morgan fingerprint density at radius 1 is 0.889 bits per heavy atom. The summed E-state index contributed by atoms with van der Waals surface area (Å²) in [5, 5.41) is 0. The maximum Gasteiger partial charge on any atom is 0.200 e. The largest absolute Gasteiger partial charge is 0.493 e. The molecule has 5 aromatic rings. The van der Waals surface area contributed by atoms with Crippen LogP contribution in [0.2, 0.25) is 0 Å². The molecule has 0 spiro atoms. The van der Waals surface area contributed by atoms with E-state index in [1.54, 1.807) is 37.8 Å². The first-order valence-electron chi connectivity index (χ1n) is 18.1. The van der Waals surface area contributed by atoms with E-state index in [9.17, 15) is 14.0 Å². The molecule has 2 N–H and O–H groups in total. The number of hydrogen-bond acceptors (Lipinski definition) is 9. The molecule has 2 aliphatic heterocycles. The normalized spacial score (nSPS) is 16.8. The van der Waals surface area contributed by atoms with Gasteiger partial charge in [0.2, 0.25) is 0 Å². The van der Waals surface area contributed by atoms with Crippen molar-refractivity contribution in [2.24, 2.45) is 5.41 Å². The molecule has 0 saturated carbocycles. The molecule has 2 aliphatic rings. The van der Waals surface area contributed by atoms with Gasteiger partial charge in [0.15, 0.2) is 22.7 Å². The second kappa shape index (κ2) is 16.3. The second-order valence-electron chi connectivity index (χ2n) is 14.2. The summed E-state index contributed by atoms with van der Waals surface area (Å²) < 4.78 is 44.1. The van der Waals surface area contributed by atoms with Gasteiger partial charge in [-0.3, -0.25) is 9.59 Å². The molecule has 54 heavy (non-hydrogen) atoms. The first kappa shape index (κ1) is 37.0. The monoisotopic (exact) mass is 733 g/mol. The van der Waals surface area contributed by atoms with Crippen molar-refractivity contribution in [3.63, 3.8) is 0 Å². The lowest BCUT2D eigenvalue weighted by Gasteiger charge is -2.34. The van der Waals surface area contributed by atoms with E-state index in [0.29, 0.717) is 74.6 Å². The van der Waals surface area contributed by atoms with Gasteiger partial charge in [-0.1, -0.05) is 49.4 Å². The Morgan fingerprint density at radius 3 is 2.33 bits per heavy atom. The number of halogens is 1. The molecule has 10 nitrogen and oxygen atoms in total. The van der Waals surface area contributed by atoms with Gasteiger partial charge in [0, 0.05) is 61.5 Å². The van der Waals surface area contributed by atoms with Crippen molar-refractivity contribution in [3.8, 4) is 44.9 Å². The van der Waals surface area contributed by atoms with Crippen LogP contribution in [0.1, 0.15) is 35.7 Å². The fourth-order valence-corrected chi connectivity index (χ4v) is 6.95. The number of carbonyl (C=O) groups excluding carboxylic acids is 1. The summed E-state index contributed by atoms with van der Waals surface area (Å²) in [6.45, 7) is 6.12. The molecule has 11 heteroatoms. The van der Waals surface area contributed by atoms with Crippen molar-refractivity contribution >= 4 is 11.6 Å². The number of Topliss-reactive ketones (excluding diaryl/α,β-unsaturated/α-hetero) is 1. The SMILES string of the molecule is COc1cc(-c2cnc(N)c(-c3ccc(CC(=O)c4cn(CC5(C)CCOCC5)cc(-c5ccc(F)cc5)c4=O)cc3)c2)ccc1OC[C@H]1COCCO1. The maximum absolute atomic E-state index is 13.9. The smallest absolute Gasteiger partial charge is 0.200 e. The number of ketones is 1. The molecule has 7 rings (SSSR count). The number of aromatic nitrogens is 2. The standard InChI is InChI=1S/C43H44FN3O7/c1-43(13-15-51-16-14-43)27-47-23-36(30-7-10-33(44)11-8-30)41(49)37(24-47)38(48)19-28-3-5-29(6-4-28)35-20-32(22-46-42(35)45)31-9-12-39(40(21-31)50-2)54-26-34-25-52-17-18-53-34/h3-12,20-24,34H,13-19,25-27H2,1-2H3,(H2,45,46)/t34-/m1/s1. The van der Waals surface area contributed by atoms with Gasteiger partial charge in [-0.05, 0) is 70.8 Å². The molecule has 4 heterocycles. The topological polar surface area (TPSA) is 124 Å². The summed E-state index contributed by atoms with van der Waals surface area (Å²) in [4.78, 5) is 32.1. The molecule has 2 saturated heterocycles. The highest BCUT2D eigenvalue weighted by Crippen LogP contribution is 2.36. The van der Waals surface area contributed by atoms with Gasteiger partial charge in [0.25, 0.3) is 0 Å². The first-order valence-corrected chi connectivity index (χ1v) is 18.1. The number of ether oxygens (including phenoxy) is 5. The van der Waals surface area contributed by atoms with Crippen molar-refractivity contribution in [2.75, 3.05) is 52.5 Å². The molecule has 1 atom stereocenters. The number of carbonyl (C=O) groups is 1. The lowest BCUT2D eigenvalue weighted by molar-refractivity contribution is -0.101. The van der Waals surface area contributed by atoms with Crippen LogP contribution in [0.25, 0.3) is 33.4 Å². The minimum atomic E-state index is -0.397. The van der Waals surface area contributed by atoms with Crippen LogP contribution in [0.5, 0.6) is 11.5 Å². The minimum absolute atomic E-state index is 0.0232. The van der Waals surface area contributed by atoms with Crippen molar-refractivity contribution in [1.29, 1.82) is 0 Å². The third kappa shape index (κ3) is 8.54. The van der Waals surface area contributed by atoms with E-state index in [1.807, 2.05) is 53.1 Å². The zero-order valence-corrected chi connectivity index (χ0v) is 30.5. The number of methoxy groups -OCH3 is 1. The summed E-state index contributed by atoms with van der Waals surface area (Å²) >= 11 is 0. The van der Waals surface area contributed by atoms with Gasteiger partial charge in [-0.25, -0.2) is 9.37 Å². The molecular formula is C43H44FN3O7.